The van der Waals surface area contributed by atoms with E-state index in [2.05, 4.69) is 15.0 Å². The Morgan fingerprint density at radius 1 is 1.33 bits per heavy atom. The van der Waals surface area contributed by atoms with Crippen LogP contribution in [0.3, 0.4) is 0 Å². The minimum Gasteiger partial charge on any atom is -0.256 e. The van der Waals surface area contributed by atoms with Gasteiger partial charge >= 0.3 is 0 Å². The Bertz CT molecular complexity index is 515. The van der Waals surface area contributed by atoms with Gasteiger partial charge in [0.1, 0.15) is 0 Å². The molecule has 1 aromatic carbocycles. The number of fused-ring (bicyclic) bond motifs is 1. The van der Waals surface area contributed by atoms with Crippen molar-refractivity contribution >= 4 is 10.9 Å². The fourth-order valence-corrected chi connectivity index (χ4v) is 1.49. The molecule has 2 aromatic rings. The number of hydrogen-bond acceptors (Lipinski definition) is 2. The Kier molecular flexibility index (Phi) is 2.81. The number of rotatable bonds is 3. The molecule has 0 unspecified atom stereocenters. The summed E-state index contributed by atoms with van der Waals surface area (Å²) in [5, 5.41) is 4.64. The summed E-state index contributed by atoms with van der Waals surface area (Å²) in [7, 11) is 0. The summed E-state index contributed by atoms with van der Waals surface area (Å²) in [5.41, 5.74) is 10.3. The number of nitrogens with zero attached hydrogens (tertiary/aromatic N) is 4. The van der Waals surface area contributed by atoms with Gasteiger partial charge in [-0.25, -0.2) is 0 Å². The average molecular weight is 198 g/mol. The van der Waals surface area contributed by atoms with Gasteiger partial charge in [0.15, 0.2) is 0 Å². The normalized spacial score (nSPS) is 9.87. The quantitative estimate of drug-likeness (QED) is 0.424. The Morgan fingerprint density at radius 2 is 2.27 bits per heavy atom. The molecular formula is C11H10N4. The lowest BCUT2D eigenvalue weighted by Gasteiger charge is -2.00. The van der Waals surface area contributed by atoms with E-state index >= 15 is 0 Å². The molecule has 0 saturated carbocycles. The molecule has 1 aromatic heterocycles. The summed E-state index contributed by atoms with van der Waals surface area (Å²) in [6.07, 6.45) is 2.54. The number of hydrogen-bond donors (Lipinski definition) is 0. The second-order valence-electron chi connectivity index (χ2n) is 3.23. The first kappa shape index (κ1) is 9.49. The summed E-state index contributed by atoms with van der Waals surface area (Å²) < 4.78 is 0. The molecule has 0 aliphatic carbocycles. The van der Waals surface area contributed by atoms with Gasteiger partial charge in [0.25, 0.3) is 0 Å². The lowest BCUT2D eigenvalue weighted by molar-refractivity contribution is 0.957. The fourth-order valence-electron chi connectivity index (χ4n) is 1.49. The van der Waals surface area contributed by atoms with Crippen molar-refractivity contribution in [2.24, 2.45) is 5.11 Å². The Balaban J connectivity index is 2.26. The van der Waals surface area contributed by atoms with Crippen molar-refractivity contribution in [3.05, 3.63) is 52.5 Å². The van der Waals surface area contributed by atoms with Crippen LogP contribution in [0.15, 0.2) is 41.6 Å². The second-order valence-corrected chi connectivity index (χ2v) is 3.23. The summed E-state index contributed by atoms with van der Waals surface area (Å²) >= 11 is 0. The molecule has 0 bridgehead atoms. The molecule has 0 saturated heterocycles. The monoisotopic (exact) mass is 198 g/mol. The predicted octanol–water partition coefficient (Wildman–Crippen LogP) is 3.09. The number of aromatic nitrogens is 1. The fraction of sp³-hybridized carbons (Fsp3) is 0.182. The minimum absolute atomic E-state index is 0.495. The van der Waals surface area contributed by atoms with Crippen LogP contribution in [0.2, 0.25) is 0 Å². The van der Waals surface area contributed by atoms with Gasteiger partial charge in [0, 0.05) is 23.0 Å². The SMILES string of the molecule is [N-]=[N+]=NCCc1ccc2cccnc2c1. The lowest BCUT2D eigenvalue weighted by atomic mass is 10.1. The van der Waals surface area contributed by atoms with Gasteiger partial charge in [-0.15, -0.1) is 0 Å². The highest BCUT2D eigenvalue weighted by atomic mass is 15.1. The highest BCUT2D eigenvalue weighted by Gasteiger charge is 1.96. The van der Waals surface area contributed by atoms with Crippen LogP contribution < -0.4 is 0 Å². The zero-order valence-electron chi connectivity index (χ0n) is 8.17. The van der Waals surface area contributed by atoms with Gasteiger partial charge in [0.05, 0.1) is 5.52 Å². The molecule has 0 atom stereocenters. The standard InChI is InChI=1S/C11H10N4/c12-15-14-7-5-9-3-4-10-2-1-6-13-11(10)8-9/h1-4,6,8H,5,7H2. The van der Waals surface area contributed by atoms with Crippen molar-refractivity contribution in [3.8, 4) is 0 Å². The molecule has 74 valence electrons. The van der Waals surface area contributed by atoms with Gasteiger partial charge in [-0.2, -0.15) is 0 Å². The Hall–Kier alpha value is -2.06. The van der Waals surface area contributed by atoms with E-state index in [-0.39, 0.29) is 0 Å². The molecule has 0 aliphatic rings. The first-order valence-electron chi connectivity index (χ1n) is 4.74. The van der Waals surface area contributed by atoms with Crippen LogP contribution in [-0.4, -0.2) is 11.5 Å². The molecule has 0 fully saturated rings. The van der Waals surface area contributed by atoms with Gasteiger partial charge < -0.3 is 0 Å². The molecule has 15 heavy (non-hydrogen) atoms. The smallest absolute Gasteiger partial charge is 0.0704 e. The van der Waals surface area contributed by atoms with Crippen LogP contribution in [0.5, 0.6) is 0 Å². The first-order valence-corrected chi connectivity index (χ1v) is 4.74. The Labute approximate surface area is 87.2 Å². The van der Waals surface area contributed by atoms with Crippen LogP contribution >= 0.6 is 0 Å². The van der Waals surface area contributed by atoms with Crippen molar-refractivity contribution < 1.29 is 0 Å². The van der Waals surface area contributed by atoms with Crippen molar-refractivity contribution in [2.75, 3.05) is 6.54 Å². The first-order chi connectivity index (χ1) is 7.40. The van der Waals surface area contributed by atoms with Crippen LogP contribution in [-0.2, 0) is 6.42 Å². The van der Waals surface area contributed by atoms with E-state index in [1.165, 1.54) is 0 Å². The molecule has 0 spiro atoms. The zero-order valence-corrected chi connectivity index (χ0v) is 8.17. The van der Waals surface area contributed by atoms with Gasteiger partial charge in [-0.3, -0.25) is 4.98 Å². The molecule has 4 nitrogen and oxygen atoms in total. The summed E-state index contributed by atoms with van der Waals surface area (Å²) in [4.78, 5) is 6.99. The van der Waals surface area contributed by atoms with Crippen molar-refractivity contribution in [3.63, 3.8) is 0 Å². The average Bonchev–Trinajstić information content (AvgIpc) is 2.29. The molecule has 0 N–H and O–H groups in total. The molecular weight excluding hydrogens is 188 g/mol. The molecule has 0 aliphatic heterocycles. The topological polar surface area (TPSA) is 61.7 Å². The summed E-state index contributed by atoms with van der Waals surface area (Å²) in [6.45, 7) is 0.495. The molecule has 4 heteroatoms. The van der Waals surface area contributed by atoms with Crippen LogP contribution in [0, 0.1) is 0 Å². The third kappa shape index (κ3) is 2.24. The lowest BCUT2D eigenvalue weighted by Crippen LogP contribution is -1.89. The van der Waals surface area contributed by atoms with Gasteiger partial charge in [-0.1, -0.05) is 23.3 Å². The number of pyridine rings is 1. The van der Waals surface area contributed by atoms with E-state index in [1.807, 2.05) is 30.3 Å². The Morgan fingerprint density at radius 3 is 3.13 bits per heavy atom. The van der Waals surface area contributed by atoms with Crippen molar-refractivity contribution in [1.82, 2.24) is 4.98 Å². The summed E-state index contributed by atoms with van der Waals surface area (Å²) in [5.74, 6) is 0. The van der Waals surface area contributed by atoms with E-state index in [9.17, 15) is 0 Å². The number of benzene rings is 1. The maximum Gasteiger partial charge on any atom is 0.0704 e. The van der Waals surface area contributed by atoms with Crippen LogP contribution in [0.25, 0.3) is 21.3 Å². The zero-order chi connectivity index (χ0) is 10.5. The molecule has 1 heterocycles. The summed E-state index contributed by atoms with van der Waals surface area (Å²) in [6, 6.07) is 10.1. The van der Waals surface area contributed by atoms with E-state index in [4.69, 9.17) is 5.53 Å². The second kappa shape index (κ2) is 4.44. The van der Waals surface area contributed by atoms with E-state index in [1.54, 1.807) is 6.20 Å². The highest BCUT2D eigenvalue weighted by molar-refractivity contribution is 5.78. The molecule has 0 amide bonds. The van der Waals surface area contributed by atoms with E-state index in [0.717, 1.165) is 22.9 Å². The molecule has 0 radical (unpaired) electrons. The van der Waals surface area contributed by atoms with Crippen LogP contribution in [0.1, 0.15) is 5.56 Å². The van der Waals surface area contributed by atoms with Gasteiger partial charge in [-0.05, 0) is 29.6 Å². The maximum absolute atomic E-state index is 8.16. The van der Waals surface area contributed by atoms with Crippen LogP contribution in [0.4, 0.5) is 0 Å². The van der Waals surface area contributed by atoms with E-state index < -0.39 is 0 Å². The third-order valence-corrected chi connectivity index (χ3v) is 2.23. The minimum atomic E-state index is 0.495. The number of azide groups is 1. The third-order valence-electron chi connectivity index (χ3n) is 2.23. The highest BCUT2D eigenvalue weighted by Crippen LogP contribution is 2.13. The maximum atomic E-state index is 8.16. The predicted molar refractivity (Wildman–Crippen MR) is 59.5 cm³/mol. The van der Waals surface area contributed by atoms with Crippen molar-refractivity contribution in [1.29, 1.82) is 0 Å². The van der Waals surface area contributed by atoms with E-state index in [0.29, 0.717) is 6.54 Å². The van der Waals surface area contributed by atoms with Gasteiger partial charge in [0.2, 0.25) is 0 Å². The largest absolute Gasteiger partial charge is 0.256 e. The molecule has 2 rings (SSSR count). The van der Waals surface area contributed by atoms with Crippen molar-refractivity contribution in [2.45, 2.75) is 6.42 Å².